The van der Waals surface area contributed by atoms with E-state index < -0.39 is 17.3 Å². The van der Waals surface area contributed by atoms with Crippen molar-refractivity contribution in [3.8, 4) is 11.3 Å². The number of carbonyl (C=O) groups excluding carboxylic acids is 1. The standard InChI is InChI=1S/C26H28F3N3O2/c1-25(2,3)34-24(33)31-15-13-21-22(14-16-31)32(17-18-7-5-4-6-8-18)30-23(21)19-9-11-20(12-10-19)26(27,28)29/h4-12H,13-17H2,1-3H3. The van der Waals surface area contributed by atoms with E-state index in [1.54, 1.807) is 4.90 Å². The van der Waals surface area contributed by atoms with Gasteiger partial charge in [0.1, 0.15) is 5.60 Å². The molecule has 0 aliphatic carbocycles. The molecule has 34 heavy (non-hydrogen) atoms. The van der Waals surface area contributed by atoms with Crippen LogP contribution in [0.25, 0.3) is 11.3 Å². The Bertz CT molecular complexity index is 1150. The molecule has 0 saturated heterocycles. The van der Waals surface area contributed by atoms with Crippen molar-refractivity contribution in [2.75, 3.05) is 13.1 Å². The second-order valence-electron chi connectivity index (χ2n) is 9.46. The van der Waals surface area contributed by atoms with Crippen molar-refractivity contribution in [1.29, 1.82) is 0 Å². The Hall–Kier alpha value is -3.29. The van der Waals surface area contributed by atoms with Crippen LogP contribution in [0.2, 0.25) is 0 Å². The van der Waals surface area contributed by atoms with Crippen LogP contribution in [0.3, 0.4) is 0 Å². The van der Waals surface area contributed by atoms with Crippen LogP contribution in [0.15, 0.2) is 54.6 Å². The highest BCUT2D eigenvalue weighted by atomic mass is 19.4. The summed E-state index contributed by atoms with van der Waals surface area (Å²) in [6, 6.07) is 15.0. The highest BCUT2D eigenvalue weighted by molar-refractivity contribution is 5.69. The molecule has 0 N–H and O–H groups in total. The maximum atomic E-state index is 13.1. The molecule has 1 aliphatic heterocycles. The second kappa shape index (κ2) is 9.16. The Labute approximate surface area is 197 Å². The van der Waals surface area contributed by atoms with E-state index in [4.69, 9.17) is 9.84 Å². The van der Waals surface area contributed by atoms with Gasteiger partial charge < -0.3 is 9.64 Å². The van der Waals surface area contributed by atoms with E-state index in [2.05, 4.69) is 0 Å². The number of nitrogens with zero attached hydrogens (tertiary/aromatic N) is 3. The lowest BCUT2D eigenvalue weighted by Gasteiger charge is -2.26. The molecule has 0 spiro atoms. The van der Waals surface area contributed by atoms with Gasteiger partial charge in [-0.1, -0.05) is 42.5 Å². The van der Waals surface area contributed by atoms with Gasteiger partial charge >= 0.3 is 12.3 Å². The lowest BCUT2D eigenvalue weighted by Crippen LogP contribution is -2.38. The Kier molecular flexibility index (Phi) is 6.43. The fourth-order valence-corrected chi connectivity index (χ4v) is 4.12. The third-order valence-electron chi connectivity index (χ3n) is 5.73. The van der Waals surface area contributed by atoms with Gasteiger partial charge in [-0.05, 0) is 44.9 Å². The van der Waals surface area contributed by atoms with Gasteiger partial charge in [-0.15, -0.1) is 0 Å². The van der Waals surface area contributed by atoms with E-state index in [0.29, 0.717) is 43.7 Å². The number of halogens is 3. The zero-order valence-electron chi connectivity index (χ0n) is 19.5. The topological polar surface area (TPSA) is 47.4 Å². The molecule has 0 fully saturated rings. The Balaban J connectivity index is 1.68. The Morgan fingerprint density at radius 1 is 0.971 bits per heavy atom. The van der Waals surface area contributed by atoms with Crippen LogP contribution in [-0.4, -0.2) is 39.5 Å². The van der Waals surface area contributed by atoms with Gasteiger partial charge in [0.2, 0.25) is 0 Å². The summed E-state index contributed by atoms with van der Waals surface area (Å²) < 4.78 is 46.7. The summed E-state index contributed by atoms with van der Waals surface area (Å²) in [5, 5.41) is 4.82. The van der Waals surface area contributed by atoms with Crippen molar-refractivity contribution in [2.24, 2.45) is 0 Å². The minimum absolute atomic E-state index is 0.365. The molecule has 1 aromatic heterocycles. The molecule has 180 valence electrons. The first-order chi connectivity index (χ1) is 16.0. The average Bonchev–Trinajstić information content (AvgIpc) is 2.95. The van der Waals surface area contributed by atoms with Crippen LogP contribution >= 0.6 is 0 Å². The smallest absolute Gasteiger partial charge is 0.416 e. The maximum absolute atomic E-state index is 13.1. The first kappa shape index (κ1) is 23.9. The summed E-state index contributed by atoms with van der Waals surface area (Å²) in [5.74, 6) is 0. The van der Waals surface area contributed by atoms with Gasteiger partial charge in [0.05, 0.1) is 17.8 Å². The normalized spacial score (nSPS) is 14.5. The number of alkyl halides is 3. The summed E-state index contributed by atoms with van der Waals surface area (Å²) in [4.78, 5) is 14.4. The molecule has 8 heteroatoms. The Morgan fingerprint density at radius 2 is 1.62 bits per heavy atom. The van der Waals surface area contributed by atoms with Crippen LogP contribution in [0.5, 0.6) is 0 Å². The van der Waals surface area contributed by atoms with Crippen molar-refractivity contribution in [2.45, 2.75) is 51.9 Å². The predicted molar refractivity (Wildman–Crippen MR) is 123 cm³/mol. The van der Waals surface area contributed by atoms with Crippen LogP contribution in [-0.2, 0) is 30.3 Å². The van der Waals surface area contributed by atoms with Crippen molar-refractivity contribution in [1.82, 2.24) is 14.7 Å². The largest absolute Gasteiger partial charge is 0.444 e. The zero-order valence-corrected chi connectivity index (χ0v) is 19.5. The molecule has 5 nitrogen and oxygen atoms in total. The molecule has 0 saturated carbocycles. The van der Waals surface area contributed by atoms with Crippen molar-refractivity contribution in [3.05, 3.63) is 77.0 Å². The maximum Gasteiger partial charge on any atom is 0.416 e. The number of hydrogen-bond acceptors (Lipinski definition) is 3. The first-order valence-electron chi connectivity index (χ1n) is 11.3. The van der Waals surface area contributed by atoms with Crippen LogP contribution < -0.4 is 0 Å². The van der Waals surface area contributed by atoms with Crippen LogP contribution in [0, 0.1) is 0 Å². The van der Waals surface area contributed by atoms with E-state index in [9.17, 15) is 18.0 Å². The SMILES string of the molecule is CC(C)(C)OC(=O)N1CCc2c(-c3ccc(C(F)(F)F)cc3)nn(Cc3ccccc3)c2CC1. The molecule has 3 aromatic rings. The fraction of sp³-hybridized carbons (Fsp3) is 0.385. The molecular weight excluding hydrogens is 443 g/mol. The quantitative estimate of drug-likeness (QED) is 0.474. The number of benzene rings is 2. The number of hydrogen-bond donors (Lipinski definition) is 0. The van der Waals surface area contributed by atoms with Gasteiger partial charge in [-0.25, -0.2) is 4.79 Å². The molecule has 0 bridgehead atoms. The van der Waals surface area contributed by atoms with Crippen LogP contribution in [0.1, 0.15) is 43.2 Å². The molecule has 2 aromatic carbocycles. The van der Waals surface area contributed by atoms with Gasteiger partial charge in [0.25, 0.3) is 0 Å². The lowest BCUT2D eigenvalue weighted by molar-refractivity contribution is -0.137. The van der Waals surface area contributed by atoms with Gasteiger partial charge in [0, 0.05) is 36.3 Å². The number of amides is 1. The minimum atomic E-state index is -4.39. The highest BCUT2D eigenvalue weighted by Gasteiger charge is 2.31. The van der Waals surface area contributed by atoms with E-state index in [1.807, 2.05) is 55.8 Å². The average molecular weight is 472 g/mol. The second-order valence-corrected chi connectivity index (χ2v) is 9.46. The van der Waals surface area contributed by atoms with Crippen molar-refractivity contribution < 1.29 is 22.7 Å². The third kappa shape index (κ3) is 5.43. The van der Waals surface area contributed by atoms with Gasteiger partial charge in [-0.3, -0.25) is 4.68 Å². The monoisotopic (exact) mass is 471 g/mol. The Morgan fingerprint density at radius 3 is 2.24 bits per heavy atom. The molecular formula is C26H28F3N3O2. The first-order valence-corrected chi connectivity index (χ1v) is 11.3. The van der Waals surface area contributed by atoms with Gasteiger partial charge in [-0.2, -0.15) is 18.3 Å². The van der Waals surface area contributed by atoms with E-state index in [-0.39, 0.29) is 6.09 Å². The van der Waals surface area contributed by atoms with Gasteiger partial charge in [0.15, 0.2) is 0 Å². The molecule has 0 unspecified atom stereocenters. The fourth-order valence-electron chi connectivity index (χ4n) is 4.12. The number of aromatic nitrogens is 2. The summed E-state index contributed by atoms with van der Waals surface area (Å²) >= 11 is 0. The summed E-state index contributed by atoms with van der Waals surface area (Å²) in [7, 11) is 0. The molecule has 1 amide bonds. The van der Waals surface area contributed by atoms with E-state index in [1.165, 1.54) is 12.1 Å². The molecule has 1 aliphatic rings. The third-order valence-corrected chi connectivity index (χ3v) is 5.73. The summed E-state index contributed by atoms with van der Waals surface area (Å²) in [6.45, 7) is 6.96. The molecule has 0 atom stereocenters. The molecule has 0 radical (unpaired) electrons. The summed E-state index contributed by atoms with van der Waals surface area (Å²) in [5.41, 5.74) is 3.02. The van der Waals surface area contributed by atoms with Crippen molar-refractivity contribution in [3.63, 3.8) is 0 Å². The van der Waals surface area contributed by atoms with Crippen molar-refractivity contribution >= 4 is 6.09 Å². The minimum Gasteiger partial charge on any atom is -0.444 e. The zero-order chi connectivity index (χ0) is 24.5. The number of ether oxygens (including phenoxy) is 1. The number of carbonyl (C=O) groups is 1. The predicted octanol–water partition coefficient (Wildman–Crippen LogP) is 5.95. The summed E-state index contributed by atoms with van der Waals surface area (Å²) in [6.07, 6.45) is -3.64. The number of rotatable bonds is 3. The number of fused-ring (bicyclic) bond motifs is 1. The highest BCUT2D eigenvalue weighted by Crippen LogP contribution is 2.33. The van der Waals surface area contributed by atoms with Crippen LogP contribution in [0.4, 0.5) is 18.0 Å². The van der Waals surface area contributed by atoms with E-state index >= 15 is 0 Å². The molecule has 4 rings (SSSR count). The molecule has 2 heterocycles. The lowest BCUT2D eigenvalue weighted by atomic mass is 10.0. The van der Waals surface area contributed by atoms with E-state index in [0.717, 1.165) is 29.0 Å².